The molecule has 2 aromatic heterocycles. The minimum absolute atomic E-state index is 0.381. The van der Waals surface area contributed by atoms with Crippen molar-refractivity contribution in [2.24, 2.45) is 0 Å². The first-order chi connectivity index (χ1) is 7.09. The predicted molar refractivity (Wildman–Crippen MR) is 58.1 cm³/mol. The van der Waals surface area contributed by atoms with E-state index in [1.54, 1.807) is 10.9 Å². The summed E-state index contributed by atoms with van der Waals surface area (Å²) in [6.07, 6.45) is 3.05. The van der Waals surface area contributed by atoms with Gasteiger partial charge in [-0.3, -0.25) is 0 Å². The van der Waals surface area contributed by atoms with Crippen LogP contribution < -0.4 is 5.73 Å². The third kappa shape index (κ3) is 1.66. The quantitative estimate of drug-likeness (QED) is 0.796. The van der Waals surface area contributed by atoms with E-state index in [9.17, 15) is 0 Å². The van der Waals surface area contributed by atoms with Crippen LogP contribution in [0.4, 0.5) is 5.82 Å². The molecule has 0 saturated heterocycles. The van der Waals surface area contributed by atoms with Crippen molar-refractivity contribution in [2.45, 2.75) is 13.8 Å². The Balaban J connectivity index is 2.54. The van der Waals surface area contributed by atoms with Crippen molar-refractivity contribution in [1.82, 2.24) is 19.7 Å². The molecule has 0 spiro atoms. The highest BCUT2D eigenvalue weighted by Gasteiger charge is 2.11. The molecule has 5 nitrogen and oxygen atoms in total. The van der Waals surface area contributed by atoms with Crippen molar-refractivity contribution in [2.75, 3.05) is 5.73 Å². The summed E-state index contributed by atoms with van der Waals surface area (Å²) in [6.45, 7) is 3.72. The summed E-state index contributed by atoms with van der Waals surface area (Å²) in [4.78, 5) is 8.07. The minimum atomic E-state index is 0.381. The average Bonchev–Trinajstić information content (AvgIpc) is 2.47. The fraction of sp³-hybridized carbons (Fsp3) is 0.222. The van der Waals surface area contributed by atoms with Crippen LogP contribution in [-0.2, 0) is 0 Å². The Kier molecular flexibility index (Phi) is 2.32. The van der Waals surface area contributed by atoms with Gasteiger partial charge in [0.1, 0.15) is 5.82 Å². The SMILES string of the molecule is Cc1nn(-c2cnc(N)cn2)c(C)c1Cl. The van der Waals surface area contributed by atoms with Crippen LogP contribution in [-0.4, -0.2) is 19.7 Å². The van der Waals surface area contributed by atoms with Crippen molar-refractivity contribution in [1.29, 1.82) is 0 Å². The number of hydrogen-bond donors (Lipinski definition) is 1. The molecule has 0 aliphatic heterocycles. The highest BCUT2D eigenvalue weighted by Crippen LogP contribution is 2.21. The zero-order valence-electron chi connectivity index (χ0n) is 8.40. The third-order valence-corrected chi connectivity index (χ3v) is 2.63. The van der Waals surface area contributed by atoms with Crippen LogP contribution in [0.5, 0.6) is 0 Å². The number of nitrogen functional groups attached to an aromatic ring is 1. The molecule has 0 amide bonds. The van der Waals surface area contributed by atoms with Gasteiger partial charge in [-0.15, -0.1) is 0 Å². The number of aromatic nitrogens is 4. The van der Waals surface area contributed by atoms with E-state index < -0.39 is 0 Å². The van der Waals surface area contributed by atoms with Crippen LogP contribution >= 0.6 is 11.6 Å². The molecule has 0 aromatic carbocycles. The Labute approximate surface area is 91.9 Å². The highest BCUT2D eigenvalue weighted by molar-refractivity contribution is 6.31. The smallest absolute Gasteiger partial charge is 0.172 e. The van der Waals surface area contributed by atoms with Gasteiger partial charge in [-0.25, -0.2) is 14.6 Å². The molecular weight excluding hydrogens is 214 g/mol. The van der Waals surface area contributed by atoms with Crippen molar-refractivity contribution in [3.05, 3.63) is 28.8 Å². The fourth-order valence-corrected chi connectivity index (χ4v) is 1.41. The van der Waals surface area contributed by atoms with Crippen LogP contribution in [0.25, 0.3) is 5.82 Å². The van der Waals surface area contributed by atoms with Crippen molar-refractivity contribution < 1.29 is 0 Å². The van der Waals surface area contributed by atoms with E-state index in [0.717, 1.165) is 11.4 Å². The Morgan fingerprint density at radius 2 is 2.00 bits per heavy atom. The molecule has 0 saturated carbocycles. The zero-order chi connectivity index (χ0) is 11.0. The molecule has 78 valence electrons. The van der Waals surface area contributed by atoms with Crippen LogP contribution in [0.2, 0.25) is 5.02 Å². The summed E-state index contributed by atoms with van der Waals surface area (Å²) in [7, 11) is 0. The van der Waals surface area contributed by atoms with Crippen molar-refractivity contribution >= 4 is 17.4 Å². The van der Waals surface area contributed by atoms with E-state index in [1.807, 2.05) is 13.8 Å². The summed E-state index contributed by atoms with van der Waals surface area (Å²) < 4.78 is 1.64. The summed E-state index contributed by atoms with van der Waals surface area (Å²) in [5.41, 5.74) is 7.06. The van der Waals surface area contributed by atoms with E-state index in [4.69, 9.17) is 17.3 Å². The Morgan fingerprint density at radius 1 is 1.27 bits per heavy atom. The first-order valence-electron chi connectivity index (χ1n) is 4.39. The summed E-state index contributed by atoms with van der Waals surface area (Å²) >= 11 is 6.02. The molecule has 2 aromatic rings. The molecular formula is C9H10ClN5. The van der Waals surface area contributed by atoms with Gasteiger partial charge in [0.15, 0.2) is 5.82 Å². The van der Waals surface area contributed by atoms with Gasteiger partial charge in [0.2, 0.25) is 0 Å². The normalized spacial score (nSPS) is 10.6. The lowest BCUT2D eigenvalue weighted by Crippen LogP contribution is -2.03. The Hall–Kier alpha value is -1.62. The predicted octanol–water partition coefficient (Wildman–Crippen LogP) is 1.51. The van der Waals surface area contributed by atoms with E-state index in [1.165, 1.54) is 6.20 Å². The number of anilines is 1. The van der Waals surface area contributed by atoms with Crippen molar-refractivity contribution in [3.63, 3.8) is 0 Å². The number of nitrogens with two attached hydrogens (primary N) is 1. The van der Waals surface area contributed by atoms with Crippen LogP contribution in [0, 0.1) is 13.8 Å². The second-order valence-electron chi connectivity index (χ2n) is 3.20. The average molecular weight is 224 g/mol. The van der Waals surface area contributed by atoms with Crippen molar-refractivity contribution in [3.8, 4) is 5.82 Å². The monoisotopic (exact) mass is 223 g/mol. The van der Waals surface area contributed by atoms with Crippen LogP contribution in [0.3, 0.4) is 0 Å². The van der Waals surface area contributed by atoms with E-state index in [2.05, 4.69) is 15.1 Å². The molecule has 2 heterocycles. The van der Waals surface area contributed by atoms with Gasteiger partial charge < -0.3 is 5.73 Å². The third-order valence-electron chi connectivity index (χ3n) is 2.08. The molecule has 0 aliphatic rings. The first kappa shape index (κ1) is 9.92. The number of hydrogen-bond acceptors (Lipinski definition) is 4. The molecule has 6 heteroatoms. The summed E-state index contributed by atoms with van der Waals surface area (Å²) in [5, 5.41) is 4.90. The number of nitrogens with zero attached hydrogens (tertiary/aromatic N) is 4. The molecule has 0 fully saturated rings. The topological polar surface area (TPSA) is 69.6 Å². The van der Waals surface area contributed by atoms with Gasteiger partial charge >= 0.3 is 0 Å². The first-order valence-corrected chi connectivity index (χ1v) is 4.77. The standard InChI is InChI=1S/C9H10ClN5/c1-5-9(10)6(2)15(14-5)8-4-12-7(11)3-13-8/h3-4H,1-2H3,(H2,11,12). The lowest BCUT2D eigenvalue weighted by molar-refractivity contribution is 0.800. The second kappa shape index (κ2) is 3.51. The molecule has 0 unspecified atom stereocenters. The van der Waals surface area contributed by atoms with Crippen LogP contribution in [0.1, 0.15) is 11.4 Å². The van der Waals surface area contributed by atoms with Gasteiger partial charge in [0.25, 0.3) is 0 Å². The summed E-state index contributed by atoms with van der Waals surface area (Å²) in [5.74, 6) is 0.989. The largest absolute Gasteiger partial charge is 0.382 e. The highest BCUT2D eigenvalue weighted by atomic mass is 35.5. The zero-order valence-corrected chi connectivity index (χ0v) is 9.15. The molecule has 2 rings (SSSR count). The Morgan fingerprint density at radius 3 is 2.47 bits per heavy atom. The van der Waals surface area contributed by atoms with Gasteiger partial charge in [0.05, 0.1) is 28.8 Å². The molecule has 0 atom stereocenters. The van der Waals surface area contributed by atoms with E-state index in [-0.39, 0.29) is 0 Å². The van der Waals surface area contributed by atoms with Gasteiger partial charge in [-0.2, -0.15) is 5.10 Å². The molecule has 15 heavy (non-hydrogen) atoms. The maximum absolute atomic E-state index is 6.02. The Bertz CT molecular complexity index is 488. The summed E-state index contributed by atoms with van der Waals surface area (Å²) in [6, 6.07) is 0. The maximum Gasteiger partial charge on any atom is 0.172 e. The molecule has 2 N–H and O–H groups in total. The van der Waals surface area contributed by atoms with Gasteiger partial charge in [0, 0.05) is 0 Å². The maximum atomic E-state index is 6.02. The number of aryl methyl sites for hydroxylation is 1. The van der Waals surface area contributed by atoms with Gasteiger partial charge in [-0.05, 0) is 13.8 Å². The van der Waals surface area contributed by atoms with E-state index in [0.29, 0.717) is 16.7 Å². The molecule has 0 bridgehead atoms. The lowest BCUT2D eigenvalue weighted by atomic mass is 10.4. The number of rotatable bonds is 1. The fourth-order valence-electron chi connectivity index (χ4n) is 1.29. The van der Waals surface area contributed by atoms with Crippen LogP contribution in [0.15, 0.2) is 12.4 Å². The minimum Gasteiger partial charge on any atom is -0.382 e. The lowest BCUT2D eigenvalue weighted by Gasteiger charge is -2.02. The van der Waals surface area contributed by atoms with E-state index >= 15 is 0 Å². The molecule has 0 aliphatic carbocycles. The second-order valence-corrected chi connectivity index (χ2v) is 3.57. The number of halogens is 1. The van der Waals surface area contributed by atoms with Gasteiger partial charge in [-0.1, -0.05) is 11.6 Å². The molecule has 0 radical (unpaired) electrons.